The molecule has 1 aromatic heterocycles. The second kappa shape index (κ2) is 8.13. The highest BCUT2D eigenvalue weighted by Gasteiger charge is 2.13. The number of hydrogen-bond acceptors (Lipinski definition) is 4. The van der Waals surface area contributed by atoms with Crippen molar-refractivity contribution in [3.05, 3.63) is 77.6 Å². The van der Waals surface area contributed by atoms with Crippen LogP contribution >= 0.6 is 0 Å². The van der Waals surface area contributed by atoms with Crippen LogP contribution in [0.25, 0.3) is 0 Å². The quantitative estimate of drug-likeness (QED) is 0.708. The molecule has 0 radical (unpaired) electrons. The van der Waals surface area contributed by atoms with Crippen LogP contribution in [0.4, 0.5) is 5.69 Å². The molecule has 2 N–H and O–H groups in total. The third kappa shape index (κ3) is 3.98. The second-order valence-corrected chi connectivity index (χ2v) is 5.88. The van der Waals surface area contributed by atoms with E-state index >= 15 is 0 Å². The fraction of sp³-hybridized carbons (Fsp3) is 0.190. The van der Waals surface area contributed by atoms with Crippen molar-refractivity contribution in [2.75, 3.05) is 19.5 Å². The van der Waals surface area contributed by atoms with Gasteiger partial charge in [-0.05, 0) is 35.9 Å². The minimum Gasteiger partial charge on any atom is -0.497 e. The maximum Gasteiger partial charge on any atom is 0.122 e. The Morgan fingerprint density at radius 3 is 2.38 bits per heavy atom. The van der Waals surface area contributed by atoms with Crippen LogP contribution in [0.2, 0.25) is 0 Å². The maximum absolute atomic E-state index is 9.42. The minimum absolute atomic E-state index is 0.441. The summed E-state index contributed by atoms with van der Waals surface area (Å²) < 4.78 is 12.9. The molecule has 0 fully saturated rings. The summed E-state index contributed by atoms with van der Waals surface area (Å²) in [5.74, 6) is 1.54. The lowest BCUT2D eigenvalue weighted by Gasteiger charge is -2.13. The van der Waals surface area contributed by atoms with Gasteiger partial charge in [0.2, 0.25) is 0 Å². The number of aromatic nitrogens is 1. The van der Waals surface area contributed by atoms with Crippen LogP contribution in [0.15, 0.2) is 60.7 Å². The van der Waals surface area contributed by atoms with Crippen molar-refractivity contribution in [1.82, 2.24) is 4.57 Å². The number of nitrogen functional groups attached to an aromatic ring is 1. The number of nitrogens with zero attached hydrogens (tertiary/aromatic N) is 2. The van der Waals surface area contributed by atoms with E-state index in [0.29, 0.717) is 31.0 Å². The summed E-state index contributed by atoms with van der Waals surface area (Å²) in [6.07, 6.45) is 0.677. The summed E-state index contributed by atoms with van der Waals surface area (Å²) in [7, 11) is 1.63. The van der Waals surface area contributed by atoms with E-state index in [1.165, 1.54) is 0 Å². The highest BCUT2D eigenvalue weighted by molar-refractivity contribution is 5.52. The van der Waals surface area contributed by atoms with Crippen LogP contribution in [-0.2, 0) is 13.0 Å². The van der Waals surface area contributed by atoms with E-state index in [1.807, 2.05) is 47.0 Å². The zero-order chi connectivity index (χ0) is 18.4. The molecule has 5 heteroatoms. The van der Waals surface area contributed by atoms with Crippen LogP contribution in [0, 0.1) is 11.3 Å². The van der Waals surface area contributed by atoms with Gasteiger partial charge in [0.1, 0.15) is 29.9 Å². The molecule has 0 atom stereocenters. The zero-order valence-electron chi connectivity index (χ0n) is 14.7. The predicted molar refractivity (Wildman–Crippen MR) is 101 cm³/mol. The predicted octanol–water partition coefficient (Wildman–Crippen LogP) is 3.62. The standard InChI is InChI=1S/C21H21N3O2/c1-25-18-7-9-19(10-8-18)26-12-11-24-17(15-22)14-20(23)21(24)13-16-5-3-2-4-6-16/h2-10,14H,11-13,23H2,1H3. The number of ether oxygens (including phenoxy) is 2. The smallest absolute Gasteiger partial charge is 0.122 e. The molecule has 5 nitrogen and oxygen atoms in total. The Labute approximate surface area is 153 Å². The molecule has 0 amide bonds. The van der Waals surface area contributed by atoms with Gasteiger partial charge in [0, 0.05) is 12.1 Å². The van der Waals surface area contributed by atoms with Gasteiger partial charge in [-0.3, -0.25) is 0 Å². The Morgan fingerprint density at radius 2 is 1.73 bits per heavy atom. The molecule has 1 heterocycles. The number of nitriles is 1. The van der Waals surface area contributed by atoms with Crippen molar-refractivity contribution in [1.29, 1.82) is 5.26 Å². The Balaban J connectivity index is 1.72. The van der Waals surface area contributed by atoms with Crippen LogP contribution < -0.4 is 15.2 Å². The molecule has 0 spiro atoms. The van der Waals surface area contributed by atoms with Crippen molar-refractivity contribution in [2.24, 2.45) is 0 Å². The van der Waals surface area contributed by atoms with Gasteiger partial charge in [0.15, 0.2) is 0 Å². The third-order valence-corrected chi connectivity index (χ3v) is 4.21. The van der Waals surface area contributed by atoms with Gasteiger partial charge in [0.05, 0.1) is 19.3 Å². The van der Waals surface area contributed by atoms with Crippen LogP contribution in [-0.4, -0.2) is 18.3 Å². The molecule has 3 rings (SSSR count). The molecule has 0 aliphatic heterocycles. The number of benzene rings is 2. The molecule has 0 aliphatic rings. The average molecular weight is 347 g/mol. The highest BCUT2D eigenvalue weighted by Crippen LogP contribution is 2.22. The second-order valence-electron chi connectivity index (χ2n) is 5.88. The number of methoxy groups -OCH3 is 1. The first-order valence-electron chi connectivity index (χ1n) is 8.40. The first kappa shape index (κ1) is 17.4. The number of rotatable bonds is 7. The topological polar surface area (TPSA) is 73.2 Å². The van der Waals surface area contributed by atoms with E-state index in [2.05, 4.69) is 18.2 Å². The van der Waals surface area contributed by atoms with Gasteiger partial charge in [-0.1, -0.05) is 30.3 Å². The van der Waals surface area contributed by atoms with Gasteiger partial charge in [-0.25, -0.2) is 0 Å². The summed E-state index contributed by atoms with van der Waals surface area (Å²) in [5, 5.41) is 9.42. The minimum atomic E-state index is 0.441. The fourth-order valence-electron chi connectivity index (χ4n) is 2.87. The molecular formula is C21H21N3O2. The van der Waals surface area contributed by atoms with Crippen molar-refractivity contribution in [3.8, 4) is 17.6 Å². The van der Waals surface area contributed by atoms with Crippen molar-refractivity contribution < 1.29 is 9.47 Å². The van der Waals surface area contributed by atoms with Gasteiger partial charge < -0.3 is 19.8 Å². The van der Waals surface area contributed by atoms with Gasteiger partial charge in [-0.15, -0.1) is 0 Å². The monoisotopic (exact) mass is 347 g/mol. The van der Waals surface area contributed by atoms with E-state index in [0.717, 1.165) is 22.8 Å². The maximum atomic E-state index is 9.42. The first-order chi connectivity index (χ1) is 12.7. The molecule has 0 saturated carbocycles. The average Bonchev–Trinajstić information content (AvgIpc) is 2.98. The lowest BCUT2D eigenvalue weighted by atomic mass is 10.1. The first-order valence-corrected chi connectivity index (χ1v) is 8.40. The van der Waals surface area contributed by atoms with E-state index in [-0.39, 0.29) is 0 Å². The Bertz CT molecular complexity index is 894. The fourth-order valence-corrected chi connectivity index (χ4v) is 2.87. The zero-order valence-corrected chi connectivity index (χ0v) is 14.7. The van der Waals surface area contributed by atoms with E-state index in [1.54, 1.807) is 13.2 Å². The Hall–Kier alpha value is -3.39. The Kier molecular flexibility index (Phi) is 5.45. The largest absolute Gasteiger partial charge is 0.497 e. The lowest BCUT2D eigenvalue weighted by molar-refractivity contribution is 0.296. The summed E-state index contributed by atoms with van der Waals surface area (Å²) in [4.78, 5) is 0. The van der Waals surface area contributed by atoms with Crippen LogP contribution in [0.1, 0.15) is 17.0 Å². The molecule has 0 aliphatic carbocycles. The summed E-state index contributed by atoms with van der Waals surface area (Å²) in [6.45, 7) is 0.991. The van der Waals surface area contributed by atoms with Crippen molar-refractivity contribution in [3.63, 3.8) is 0 Å². The van der Waals surface area contributed by atoms with Gasteiger partial charge in [0.25, 0.3) is 0 Å². The Morgan fingerprint density at radius 1 is 1.04 bits per heavy atom. The molecule has 0 saturated heterocycles. The number of hydrogen-bond donors (Lipinski definition) is 1. The van der Waals surface area contributed by atoms with E-state index in [9.17, 15) is 5.26 Å². The summed E-state index contributed by atoms with van der Waals surface area (Å²) >= 11 is 0. The molecule has 132 valence electrons. The van der Waals surface area contributed by atoms with E-state index in [4.69, 9.17) is 15.2 Å². The molecule has 2 aromatic carbocycles. The lowest BCUT2D eigenvalue weighted by Crippen LogP contribution is -2.13. The normalized spacial score (nSPS) is 10.3. The molecule has 3 aromatic rings. The van der Waals surface area contributed by atoms with Crippen LogP contribution in [0.5, 0.6) is 11.5 Å². The van der Waals surface area contributed by atoms with Crippen molar-refractivity contribution in [2.45, 2.75) is 13.0 Å². The third-order valence-electron chi connectivity index (χ3n) is 4.21. The molecule has 26 heavy (non-hydrogen) atoms. The number of nitrogens with two attached hydrogens (primary N) is 1. The van der Waals surface area contributed by atoms with E-state index < -0.39 is 0 Å². The van der Waals surface area contributed by atoms with Gasteiger partial charge in [-0.2, -0.15) is 5.26 Å². The van der Waals surface area contributed by atoms with Gasteiger partial charge >= 0.3 is 0 Å². The van der Waals surface area contributed by atoms with Crippen molar-refractivity contribution >= 4 is 5.69 Å². The summed E-state index contributed by atoms with van der Waals surface area (Å²) in [5.41, 5.74) is 9.42. The van der Waals surface area contributed by atoms with Crippen LogP contribution in [0.3, 0.4) is 0 Å². The molecular weight excluding hydrogens is 326 g/mol. The molecule has 0 unspecified atom stereocenters. The molecule has 0 bridgehead atoms. The SMILES string of the molecule is COc1ccc(OCCn2c(C#N)cc(N)c2Cc2ccccc2)cc1. The number of anilines is 1. The highest BCUT2D eigenvalue weighted by atomic mass is 16.5. The summed E-state index contributed by atoms with van der Waals surface area (Å²) in [6, 6.07) is 21.4.